The first-order chi connectivity index (χ1) is 10.3. The summed E-state index contributed by atoms with van der Waals surface area (Å²) in [5.41, 5.74) is 3.42. The molecule has 0 amide bonds. The first kappa shape index (κ1) is 12.8. The van der Waals surface area contributed by atoms with Crippen LogP contribution in [0.2, 0.25) is 0 Å². The summed E-state index contributed by atoms with van der Waals surface area (Å²) in [6.45, 7) is 2.10. The molecule has 0 saturated heterocycles. The highest BCUT2D eigenvalue weighted by atomic mass is 32.1. The van der Waals surface area contributed by atoms with Crippen LogP contribution in [0.1, 0.15) is 30.1 Å². The second kappa shape index (κ2) is 4.81. The maximum Gasteiger partial charge on any atom is 0.134 e. The molecule has 1 saturated carbocycles. The average molecular weight is 295 g/mol. The Hall–Kier alpha value is -1.94. The number of rotatable bonds is 3. The molecule has 0 atom stereocenters. The van der Waals surface area contributed by atoms with E-state index in [2.05, 4.69) is 46.9 Å². The Bertz CT molecular complexity index is 818. The Labute approximate surface area is 128 Å². The minimum atomic E-state index is 0.555. The molecule has 0 radical (unpaired) electrons. The summed E-state index contributed by atoms with van der Waals surface area (Å²) in [6, 6.07) is 8.61. The highest BCUT2D eigenvalue weighted by Gasteiger charge is 2.28. The van der Waals surface area contributed by atoms with Gasteiger partial charge in [0.15, 0.2) is 0 Å². The van der Waals surface area contributed by atoms with E-state index in [-0.39, 0.29) is 0 Å². The zero-order chi connectivity index (χ0) is 14.4. The highest BCUT2D eigenvalue weighted by molar-refractivity contribution is 7.17. The summed E-state index contributed by atoms with van der Waals surface area (Å²) < 4.78 is 1.31. The minimum Gasteiger partial charge on any atom is -0.373 e. The molecule has 1 fully saturated rings. The number of aromatic nitrogens is 2. The lowest BCUT2D eigenvalue weighted by atomic mass is 10.1. The van der Waals surface area contributed by atoms with E-state index in [4.69, 9.17) is 4.98 Å². The fourth-order valence-corrected chi connectivity index (χ4v) is 3.66. The molecular weight excluding hydrogens is 278 g/mol. The summed E-state index contributed by atoms with van der Waals surface area (Å²) in [6.07, 6.45) is 2.43. The van der Waals surface area contributed by atoms with Crippen LogP contribution in [0.5, 0.6) is 0 Å². The summed E-state index contributed by atoms with van der Waals surface area (Å²) in [5.74, 6) is 2.50. The number of thiophene rings is 1. The molecule has 3 aromatic rings. The largest absolute Gasteiger partial charge is 0.373 e. The molecule has 0 bridgehead atoms. The normalized spacial score (nSPS) is 14.6. The van der Waals surface area contributed by atoms with Gasteiger partial charge in [-0.3, -0.25) is 0 Å². The van der Waals surface area contributed by atoms with Crippen molar-refractivity contribution in [2.24, 2.45) is 0 Å². The molecule has 0 aliphatic heterocycles. The number of nitrogens with zero attached hydrogens (tertiary/aromatic N) is 2. The van der Waals surface area contributed by atoms with Gasteiger partial charge in [-0.05, 0) is 36.6 Å². The second-order valence-corrected chi connectivity index (χ2v) is 6.49. The van der Waals surface area contributed by atoms with Crippen molar-refractivity contribution >= 4 is 27.2 Å². The minimum absolute atomic E-state index is 0.555. The van der Waals surface area contributed by atoms with Gasteiger partial charge in [0.1, 0.15) is 11.6 Å². The van der Waals surface area contributed by atoms with Crippen LogP contribution in [0.25, 0.3) is 21.3 Å². The molecule has 0 unspecified atom stereocenters. The van der Waals surface area contributed by atoms with Crippen molar-refractivity contribution < 1.29 is 0 Å². The standard InChI is InChI=1S/C17H17N3S/c1-10-14(13-5-3-4-11-8-9-21-15(11)13)19-17(12-6-7-12)20-16(10)18-2/h3-5,8-9,12H,6-7H2,1-2H3,(H,18,19,20). The molecule has 0 spiro atoms. The highest BCUT2D eigenvalue weighted by Crippen LogP contribution is 2.41. The molecule has 1 aromatic carbocycles. The quantitative estimate of drug-likeness (QED) is 0.768. The molecule has 2 heterocycles. The van der Waals surface area contributed by atoms with Gasteiger partial charge in [-0.25, -0.2) is 9.97 Å². The van der Waals surface area contributed by atoms with Crippen molar-refractivity contribution in [3.63, 3.8) is 0 Å². The van der Waals surface area contributed by atoms with Crippen LogP contribution in [0, 0.1) is 6.92 Å². The van der Waals surface area contributed by atoms with Gasteiger partial charge in [-0.2, -0.15) is 0 Å². The van der Waals surface area contributed by atoms with Gasteiger partial charge in [0, 0.05) is 28.8 Å². The summed E-state index contributed by atoms with van der Waals surface area (Å²) in [5, 5.41) is 6.65. The van der Waals surface area contributed by atoms with Crippen molar-refractivity contribution in [1.29, 1.82) is 0 Å². The second-order valence-electron chi connectivity index (χ2n) is 5.57. The Morgan fingerprint density at radius 1 is 1.19 bits per heavy atom. The number of benzene rings is 1. The first-order valence-electron chi connectivity index (χ1n) is 7.31. The lowest BCUT2D eigenvalue weighted by molar-refractivity contribution is 0.924. The zero-order valence-electron chi connectivity index (χ0n) is 12.2. The van der Waals surface area contributed by atoms with Crippen LogP contribution >= 0.6 is 11.3 Å². The molecule has 1 aliphatic carbocycles. The third kappa shape index (κ3) is 2.10. The van der Waals surface area contributed by atoms with E-state index in [1.54, 1.807) is 11.3 Å². The number of hydrogen-bond acceptors (Lipinski definition) is 4. The smallest absolute Gasteiger partial charge is 0.134 e. The van der Waals surface area contributed by atoms with Gasteiger partial charge >= 0.3 is 0 Å². The number of nitrogens with one attached hydrogen (secondary N) is 1. The molecule has 1 aliphatic rings. The summed E-state index contributed by atoms with van der Waals surface area (Å²) in [7, 11) is 1.93. The molecule has 4 heteroatoms. The fraction of sp³-hybridized carbons (Fsp3) is 0.294. The lowest BCUT2D eigenvalue weighted by Crippen LogP contribution is -2.04. The topological polar surface area (TPSA) is 37.8 Å². The van der Waals surface area contributed by atoms with E-state index < -0.39 is 0 Å². The van der Waals surface area contributed by atoms with Crippen molar-refractivity contribution in [2.75, 3.05) is 12.4 Å². The number of hydrogen-bond donors (Lipinski definition) is 1. The van der Waals surface area contributed by atoms with Gasteiger partial charge in [0.05, 0.1) is 5.69 Å². The van der Waals surface area contributed by atoms with Gasteiger partial charge in [-0.1, -0.05) is 18.2 Å². The molecule has 21 heavy (non-hydrogen) atoms. The number of anilines is 1. The summed E-state index contributed by atoms with van der Waals surface area (Å²) in [4.78, 5) is 9.59. The van der Waals surface area contributed by atoms with Crippen molar-refractivity contribution in [3.8, 4) is 11.3 Å². The predicted octanol–water partition coefficient (Wildman–Crippen LogP) is 4.59. The molecular formula is C17H17N3S. The van der Waals surface area contributed by atoms with Gasteiger partial charge in [0.25, 0.3) is 0 Å². The van der Waals surface area contributed by atoms with E-state index >= 15 is 0 Å². The Balaban J connectivity index is 1.98. The molecule has 106 valence electrons. The van der Waals surface area contributed by atoms with Crippen molar-refractivity contribution in [1.82, 2.24) is 9.97 Å². The first-order valence-corrected chi connectivity index (χ1v) is 8.19. The van der Waals surface area contributed by atoms with E-state index in [0.717, 1.165) is 22.9 Å². The van der Waals surface area contributed by atoms with Gasteiger partial charge in [-0.15, -0.1) is 11.3 Å². The van der Waals surface area contributed by atoms with Crippen LogP contribution in [-0.2, 0) is 0 Å². The third-order valence-corrected chi connectivity index (χ3v) is 5.04. The van der Waals surface area contributed by atoms with E-state index in [9.17, 15) is 0 Å². The molecule has 2 aromatic heterocycles. The predicted molar refractivity (Wildman–Crippen MR) is 89.1 cm³/mol. The lowest BCUT2D eigenvalue weighted by Gasteiger charge is -2.13. The van der Waals surface area contributed by atoms with Crippen LogP contribution in [0.15, 0.2) is 29.6 Å². The van der Waals surface area contributed by atoms with Gasteiger partial charge < -0.3 is 5.32 Å². The monoisotopic (exact) mass is 295 g/mol. The van der Waals surface area contributed by atoms with E-state index in [1.807, 2.05) is 7.05 Å². The average Bonchev–Trinajstić information content (AvgIpc) is 3.24. The van der Waals surface area contributed by atoms with Crippen molar-refractivity contribution in [2.45, 2.75) is 25.7 Å². The summed E-state index contributed by atoms with van der Waals surface area (Å²) >= 11 is 1.78. The maximum atomic E-state index is 4.90. The Morgan fingerprint density at radius 2 is 2.05 bits per heavy atom. The molecule has 1 N–H and O–H groups in total. The third-order valence-electron chi connectivity index (χ3n) is 4.08. The SMILES string of the molecule is CNc1nc(C2CC2)nc(-c2cccc3ccsc23)c1C. The van der Waals surface area contributed by atoms with Crippen molar-refractivity contribution in [3.05, 3.63) is 41.0 Å². The zero-order valence-corrected chi connectivity index (χ0v) is 13.0. The van der Waals surface area contributed by atoms with E-state index in [0.29, 0.717) is 5.92 Å². The fourth-order valence-electron chi connectivity index (χ4n) is 2.74. The maximum absolute atomic E-state index is 4.90. The number of fused-ring (bicyclic) bond motifs is 1. The van der Waals surface area contributed by atoms with E-state index in [1.165, 1.54) is 28.5 Å². The van der Waals surface area contributed by atoms with Crippen LogP contribution in [-0.4, -0.2) is 17.0 Å². The molecule has 4 rings (SSSR count). The van der Waals surface area contributed by atoms with Crippen LogP contribution < -0.4 is 5.32 Å². The molecule has 3 nitrogen and oxygen atoms in total. The Kier molecular flexibility index (Phi) is 2.93. The van der Waals surface area contributed by atoms with Crippen LogP contribution in [0.4, 0.5) is 5.82 Å². The van der Waals surface area contributed by atoms with Gasteiger partial charge in [0.2, 0.25) is 0 Å². The van der Waals surface area contributed by atoms with Crippen LogP contribution in [0.3, 0.4) is 0 Å². The Morgan fingerprint density at radius 3 is 2.81 bits per heavy atom.